The minimum absolute atomic E-state index is 0.978. The Kier molecular flexibility index (Phi) is 1.39. The molecule has 0 unspecified atom stereocenters. The summed E-state index contributed by atoms with van der Waals surface area (Å²) in [5.41, 5.74) is 1.22. The molecule has 0 amide bonds. The second-order valence-electron chi connectivity index (χ2n) is 2.52. The second-order valence-corrected chi connectivity index (χ2v) is 2.52. The average molecular weight is 146 g/mol. The van der Waals surface area contributed by atoms with Gasteiger partial charge in [-0.15, -0.1) is 0 Å². The molecule has 0 saturated carbocycles. The van der Waals surface area contributed by atoms with Gasteiger partial charge < -0.3 is 4.40 Å². The van der Waals surface area contributed by atoms with Crippen molar-refractivity contribution in [1.29, 1.82) is 0 Å². The Morgan fingerprint density at radius 3 is 3.18 bits per heavy atom. The summed E-state index contributed by atoms with van der Waals surface area (Å²) in [5.74, 6) is 1.12. The maximum atomic E-state index is 4.26. The summed E-state index contributed by atoms with van der Waals surface area (Å²) < 4.78 is 2.11. The van der Waals surface area contributed by atoms with Crippen LogP contribution in [-0.2, 0) is 6.42 Å². The van der Waals surface area contributed by atoms with Gasteiger partial charge in [-0.05, 0) is 18.2 Å². The van der Waals surface area contributed by atoms with Crippen LogP contribution in [0, 0.1) is 0 Å². The van der Waals surface area contributed by atoms with Gasteiger partial charge in [-0.25, -0.2) is 4.98 Å². The SMILES string of the molecule is CCc1nccc2cccn12. The topological polar surface area (TPSA) is 17.3 Å². The van der Waals surface area contributed by atoms with E-state index in [1.807, 2.05) is 24.5 Å². The zero-order valence-corrected chi connectivity index (χ0v) is 6.49. The van der Waals surface area contributed by atoms with Crippen LogP contribution in [0.5, 0.6) is 0 Å². The van der Waals surface area contributed by atoms with Gasteiger partial charge in [-0.1, -0.05) is 6.92 Å². The lowest BCUT2D eigenvalue weighted by Gasteiger charge is -1.99. The summed E-state index contributed by atoms with van der Waals surface area (Å²) in [5, 5.41) is 0. The highest BCUT2D eigenvalue weighted by Crippen LogP contribution is 2.05. The van der Waals surface area contributed by atoms with Crippen molar-refractivity contribution in [2.45, 2.75) is 13.3 Å². The van der Waals surface area contributed by atoms with Gasteiger partial charge in [0.2, 0.25) is 0 Å². The molecule has 0 saturated heterocycles. The van der Waals surface area contributed by atoms with Gasteiger partial charge in [-0.3, -0.25) is 0 Å². The van der Waals surface area contributed by atoms with Crippen molar-refractivity contribution in [2.24, 2.45) is 0 Å². The molecule has 0 N–H and O–H groups in total. The Morgan fingerprint density at radius 2 is 2.36 bits per heavy atom. The monoisotopic (exact) mass is 146 g/mol. The zero-order valence-electron chi connectivity index (χ0n) is 6.49. The first kappa shape index (κ1) is 6.40. The standard InChI is InChI=1S/C9H10N2/c1-2-9-10-6-5-8-4-3-7-11(8)9/h3-7H,2H2,1H3. The van der Waals surface area contributed by atoms with E-state index in [9.17, 15) is 0 Å². The van der Waals surface area contributed by atoms with Gasteiger partial charge in [0.05, 0.1) is 0 Å². The summed E-state index contributed by atoms with van der Waals surface area (Å²) in [4.78, 5) is 4.26. The van der Waals surface area contributed by atoms with Crippen LogP contribution in [0.2, 0.25) is 0 Å². The molecule has 2 rings (SSSR count). The average Bonchev–Trinajstić information content (AvgIpc) is 2.50. The van der Waals surface area contributed by atoms with Crippen LogP contribution < -0.4 is 0 Å². The third-order valence-electron chi connectivity index (χ3n) is 1.84. The van der Waals surface area contributed by atoms with Gasteiger partial charge in [0.25, 0.3) is 0 Å². The molecule has 2 aromatic heterocycles. The van der Waals surface area contributed by atoms with E-state index in [0.29, 0.717) is 0 Å². The lowest BCUT2D eigenvalue weighted by Crippen LogP contribution is -1.95. The van der Waals surface area contributed by atoms with Crippen molar-refractivity contribution < 1.29 is 0 Å². The number of rotatable bonds is 1. The van der Waals surface area contributed by atoms with E-state index in [-0.39, 0.29) is 0 Å². The maximum absolute atomic E-state index is 4.26. The van der Waals surface area contributed by atoms with Gasteiger partial charge in [0.15, 0.2) is 0 Å². The molecule has 0 atom stereocenters. The largest absolute Gasteiger partial charge is 0.305 e. The lowest BCUT2D eigenvalue weighted by molar-refractivity contribution is 0.900. The summed E-state index contributed by atoms with van der Waals surface area (Å²) in [6.07, 6.45) is 4.88. The minimum Gasteiger partial charge on any atom is -0.305 e. The Labute approximate surface area is 65.5 Å². The van der Waals surface area contributed by atoms with E-state index in [1.54, 1.807) is 0 Å². The summed E-state index contributed by atoms with van der Waals surface area (Å²) in [7, 11) is 0. The summed E-state index contributed by atoms with van der Waals surface area (Å²) >= 11 is 0. The van der Waals surface area contributed by atoms with Gasteiger partial charge in [0, 0.05) is 24.3 Å². The van der Waals surface area contributed by atoms with E-state index >= 15 is 0 Å². The predicted octanol–water partition coefficient (Wildman–Crippen LogP) is 1.90. The van der Waals surface area contributed by atoms with Crippen LogP contribution in [0.25, 0.3) is 5.52 Å². The first-order valence-corrected chi connectivity index (χ1v) is 3.83. The van der Waals surface area contributed by atoms with Crippen molar-refractivity contribution in [2.75, 3.05) is 0 Å². The molecule has 0 aliphatic heterocycles. The van der Waals surface area contributed by atoms with E-state index in [0.717, 1.165) is 12.2 Å². The molecule has 11 heavy (non-hydrogen) atoms. The quantitative estimate of drug-likeness (QED) is 0.600. The molecule has 0 radical (unpaired) electrons. The molecule has 0 aromatic carbocycles. The van der Waals surface area contributed by atoms with Crippen molar-refractivity contribution in [3.63, 3.8) is 0 Å². The number of hydrogen-bond acceptors (Lipinski definition) is 1. The number of nitrogens with zero attached hydrogens (tertiary/aromatic N) is 2. The van der Waals surface area contributed by atoms with E-state index in [2.05, 4.69) is 22.4 Å². The smallest absolute Gasteiger partial charge is 0.112 e. The Bertz CT molecular complexity index is 362. The number of fused-ring (bicyclic) bond motifs is 1. The molecule has 2 aromatic rings. The molecule has 56 valence electrons. The highest BCUT2D eigenvalue weighted by Gasteiger charge is 1.95. The molecule has 2 nitrogen and oxygen atoms in total. The lowest BCUT2D eigenvalue weighted by atomic mass is 10.4. The van der Waals surface area contributed by atoms with Crippen LogP contribution in [0.4, 0.5) is 0 Å². The van der Waals surface area contributed by atoms with E-state index in [4.69, 9.17) is 0 Å². The highest BCUT2D eigenvalue weighted by atomic mass is 15.0. The van der Waals surface area contributed by atoms with Gasteiger partial charge in [-0.2, -0.15) is 0 Å². The van der Waals surface area contributed by atoms with E-state index < -0.39 is 0 Å². The van der Waals surface area contributed by atoms with Crippen molar-refractivity contribution in [3.8, 4) is 0 Å². The Morgan fingerprint density at radius 1 is 1.45 bits per heavy atom. The Hall–Kier alpha value is -1.31. The zero-order chi connectivity index (χ0) is 7.68. The molecule has 0 aliphatic carbocycles. The summed E-state index contributed by atoms with van der Waals surface area (Å²) in [6.45, 7) is 2.11. The number of aromatic nitrogens is 2. The molecule has 0 fully saturated rings. The fourth-order valence-corrected chi connectivity index (χ4v) is 1.29. The normalized spacial score (nSPS) is 10.6. The van der Waals surface area contributed by atoms with Crippen LogP contribution in [-0.4, -0.2) is 9.38 Å². The van der Waals surface area contributed by atoms with Gasteiger partial charge >= 0.3 is 0 Å². The van der Waals surface area contributed by atoms with Crippen LogP contribution in [0.3, 0.4) is 0 Å². The summed E-state index contributed by atoms with van der Waals surface area (Å²) in [6, 6.07) is 6.14. The highest BCUT2D eigenvalue weighted by molar-refractivity contribution is 5.46. The van der Waals surface area contributed by atoms with Crippen molar-refractivity contribution in [3.05, 3.63) is 36.4 Å². The fraction of sp³-hybridized carbons (Fsp3) is 0.222. The molecular weight excluding hydrogens is 136 g/mol. The molecule has 0 spiro atoms. The molecule has 2 heteroatoms. The van der Waals surface area contributed by atoms with Crippen LogP contribution >= 0.6 is 0 Å². The molecular formula is C9H10N2. The van der Waals surface area contributed by atoms with E-state index in [1.165, 1.54) is 5.52 Å². The number of aryl methyl sites for hydroxylation is 1. The Balaban J connectivity index is 2.79. The maximum Gasteiger partial charge on any atom is 0.112 e. The van der Waals surface area contributed by atoms with Crippen LogP contribution in [0.15, 0.2) is 30.6 Å². The second kappa shape index (κ2) is 2.38. The van der Waals surface area contributed by atoms with Crippen molar-refractivity contribution >= 4 is 5.52 Å². The first-order chi connectivity index (χ1) is 5.42. The molecule has 0 bridgehead atoms. The van der Waals surface area contributed by atoms with Crippen molar-refractivity contribution in [1.82, 2.24) is 9.38 Å². The van der Waals surface area contributed by atoms with Gasteiger partial charge in [0.1, 0.15) is 5.82 Å². The molecule has 0 aliphatic rings. The fourth-order valence-electron chi connectivity index (χ4n) is 1.29. The van der Waals surface area contributed by atoms with Crippen LogP contribution in [0.1, 0.15) is 12.7 Å². The molecule has 2 heterocycles. The predicted molar refractivity (Wildman–Crippen MR) is 44.6 cm³/mol. The first-order valence-electron chi connectivity index (χ1n) is 3.83. The third-order valence-corrected chi connectivity index (χ3v) is 1.84. The number of hydrogen-bond donors (Lipinski definition) is 0. The minimum atomic E-state index is 0.978. The third kappa shape index (κ3) is 0.909.